The van der Waals surface area contributed by atoms with Gasteiger partial charge >= 0.3 is 0 Å². The topological polar surface area (TPSA) is 50.2 Å². The van der Waals surface area contributed by atoms with E-state index in [9.17, 15) is 9.18 Å². The molecule has 2 aromatic rings. The second kappa shape index (κ2) is 8.21. The summed E-state index contributed by atoms with van der Waals surface area (Å²) < 4.78 is 15.1. The van der Waals surface area contributed by atoms with Crippen molar-refractivity contribution in [3.63, 3.8) is 0 Å². The molecule has 4 rings (SSSR count). The second-order valence-corrected chi connectivity index (χ2v) is 8.27. The monoisotopic (exact) mass is 404 g/mol. The first kappa shape index (κ1) is 19.4. The van der Waals surface area contributed by atoms with Crippen LogP contribution >= 0.6 is 11.6 Å². The standard InChI is InChI=1S/C21H26ClFN4O/c1-14-17(13-25-27(14)20-11-16(23)7-8-18(20)22)21(28)24-12-15-5-4-10-26-9-3-2-6-19(15)26/h7-8,11,13,15,19H,2-6,9-10,12H2,1H3,(H,24,28)/t15-,19+/m1/s1. The molecule has 0 spiro atoms. The van der Waals surface area contributed by atoms with Crippen LogP contribution in [0.25, 0.3) is 5.69 Å². The van der Waals surface area contributed by atoms with Gasteiger partial charge in [-0.3, -0.25) is 4.79 Å². The highest BCUT2D eigenvalue weighted by molar-refractivity contribution is 6.32. The second-order valence-electron chi connectivity index (χ2n) is 7.86. The molecule has 150 valence electrons. The average molecular weight is 405 g/mol. The van der Waals surface area contributed by atoms with Crippen molar-refractivity contribution in [3.05, 3.63) is 46.5 Å². The number of aromatic nitrogens is 2. The van der Waals surface area contributed by atoms with E-state index in [-0.39, 0.29) is 5.91 Å². The molecule has 1 N–H and O–H groups in total. The number of fused-ring (bicyclic) bond motifs is 1. The van der Waals surface area contributed by atoms with Crippen LogP contribution in [-0.4, -0.2) is 46.3 Å². The lowest BCUT2D eigenvalue weighted by Crippen LogP contribution is -2.51. The van der Waals surface area contributed by atoms with Crippen LogP contribution < -0.4 is 5.32 Å². The molecule has 5 nitrogen and oxygen atoms in total. The van der Waals surface area contributed by atoms with Gasteiger partial charge in [-0.1, -0.05) is 18.0 Å². The van der Waals surface area contributed by atoms with Gasteiger partial charge in [-0.25, -0.2) is 9.07 Å². The lowest BCUT2D eigenvalue weighted by molar-refractivity contribution is 0.0575. The van der Waals surface area contributed by atoms with E-state index in [1.54, 1.807) is 6.92 Å². The molecule has 1 amide bonds. The number of rotatable bonds is 4. The molecule has 2 aliphatic heterocycles. The summed E-state index contributed by atoms with van der Waals surface area (Å²) in [6.45, 7) is 4.86. The van der Waals surface area contributed by atoms with Crippen molar-refractivity contribution >= 4 is 17.5 Å². The largest absolute Gasteiger partial charge is 0.352 e. The Hall–Kier alpha value is -1.92. The Balaban J connectivity index is 1.45. The molecule has 0 unspecified atom stereocenters. The molecule has 2 aliphatic rings. The molecule has 0 aliphatic carbocycles. The van der Waals surface area contributed by atoms with Gasteiger partial charge in [0.2, 0.25) is 0 Å². The maximum Gasteiger partial charge on any atom is 0.254 e. The fourth-order valence-electron chi connectivity index (χ4n) is 4.66. The number of nitrogens with zero attached hydrogens (tertiary/aromatic N) is 3. The maximum absolute atomic E-state index is 13.6. The number of hydrogen-bond donors (Lipinski definition) is 1. The smallest absolute Gasteiger partial charge is 0.254 e. The normalized spacial score (nSPS) is 22.7. The van der Waals surface area contributed by atoms with Crippen LogP contribution in [-0.2, 0) is 0 Å². The van der Waals surface area contributed by atoms with Gasteiger partial charge in [0, 0.05) is 18.7 Å². The third-order valence-corrected chi connectivity index (χ3v) is 6.46. The first-order chi connectivity index (χ1) is 13.5. The van der Waals surface area contributed by atoms with Crippen LogP contribution in [0.1, 0.15) is 48.2 Å². The third-order valence-electron chi connectivity index (χ3n) is 6.14. The molecular formula is C21H26ClFN4O. The minimum absolute atomic E-state index is 0.135. The minimum atomic E-state index is -0.394. The van der Waals surface area contributed by atoms with Crippen molar-refractivity contribution in [2.45, 2.75) is 45.1 Å². The van der Waals surface area contributed by atoms with Gasteiger partial charge < -0.3 is 10.2 Å². The molecule has 1 aromatic heterocycles. The number of piperidine rings is 2. The van der Waals surface area contributed by atoms with Gasteiger partial charge in [0.15, 0.2) is 0 Å². The predicted octanol–water partition coefficient (Wildman–Crippen LogP) is 3.97. The Kier molecular flexibility index (Phi) is 5.69. The molecule has 0 bridgehead atoms. The summed E-state index contributed by atoms with van der Waals surface area (Å²) in [4.78, 5) is 15.4. The quantitative estimate of drug-likeness (QED) is 0.838. The number of benzene rings is 1. The highest BCUT2D eigenvalue weighted by atomic mass is 35.5. The van der Waals surface area contributed by atoms with Crippen molar-refractivity contribution in [2.75, 3.05) is 19.6 Å². The highest BCUT2D eigenvalue weighted by Gasteiger charge is 2.33. The van der Waals surface area contributed by atoms with Gasteiger partial charge in [-0.15, -0.1) is 0 Å². The molecule has 0 radical (unpaired) electrons. The van der Waals surface area contributed by atoms with Gasteiger partial charge in [0.05, 0.1) is 28.2 Å². The molecule has 2 fully saturated rings. The summed E-state index contributed by atoms with van der Waals surface area (Å²) in [5, 5.41) is 7.76. The van der Waals surface area contributed by atoms with Gasteiger partial charge in [-0.2, -0.15) is 5.10 Å². The zero-order valence-corrected chi connectivity index (χ0v) is 16.9. The van der Waals surface area contributed by atoms with Crippen molar-refractivity contribution in [1.82, 2.24) is 20.0 Å². The molecule has 7 heteroatoms. The molecule has 1 aromatic carbocycles. The van der Waals surface area contributed by atoms with Crippen LogP contribution in [0.5, 0.6) is 0 Å². The number of halogens is 2. The first-order valence-electron chi connectivity index (χ1n) is 10.1. The highest BCUT2D eigenvalue weighted by Crippen LogP contribution is 2.30. The SMILES string of the molecule is Cc1c(C(=O)NC[C@H]2CCCN3CCCC[C@@H]23)cnn1-c1cc(F)ccc1Cl. The molecule has 2 saturated heterocycles. The summed E-state index contributed by atoms with van der Waals surface area (Å²) in [6.07, 6.45) is 7.70. The molecular weight excluding hydrogens is 379 g/mol. The maximum atomic E-state index is 13.6. The number of nitrogens with one attached hydrogen (secondary N) is 1. The number of hydrogen-bond acceptors (Lipinski definition) is 3. The Morgan fingerprint density at radius 1 is 1.29 bits per heavy atom. The first-order valence-corrected chi connectivity index (χ1v) is 10.4. The lowest BCUT2D eigenvalue weighted by atomic mass is 9.83. The van der Waals surface area contributed by atoms with E-state index in [1.165, 1.54) is 74.3 Å². The van der Waals surface area contributed by atoms with Crippen LogP contribution in [0, 0.1) is 18.7 Å². The van der Waals surface area contributed by atoms with Gasteiger partial charge in [-0.05, 0) is 63.7 Å². The van der Waals surface area contributed by atoms with E-state index in [2.05, 4.69) is 15.3 Å². The fourth-order valence-corrected chi connectivity index (χ4v) is 4.86. The van der Waals surface area contributed by atoms with Crippen LogP contribution in [0.15, 0.2) is 24.4 Å². The van der Waals surface area contributed by atoms with E-state index in [0.29, 0.717) is 40.5 Å². The number of carbonyl (C=O) groups is 1. The summed E-state index contributed by atoms with van der Waals surface area (Å²) in [5.41, 5.74) is 1.58. The van der Waals surface area contributed by atoms with E-state index >= 15 is 0 Å². The van der Waals surface area contributed by atoms with E-state index < -0.39 is 5.82 Å². The van der Waals surface area contributed by atoms with E-state index in [0.717, 1.165) is 0 Å². The van der Waals surface area contributed by atoms with Crippen LogP contribution in [0.3, 0.4) is 0 Å². The third kappa shape index (κ3) is 3.80. The summed E-state index contributed by atoms with van der Waals surface area (Å²) in [5.74, 6) is -0.0233. The molecule has 0 saturated carbocycles. The van der Waals surface area contributed by atoms with Crippen LogP contribution in [0.2, 0.25) is 5.02 Å². The van der Waals surface area contributed by atoms with Crippen LogP contribution in [0.4, 0.5) is 4.39 Å². The van der Waals surface area contributed by atoms with Gasteiger partial charge in [0.1, 0.15) is 5.82 Å². The fraction of sp³-hybridized carbons (Fsp3) is 0.524. The zero-order chi connectivity index (χ0) is 19.7. The Bertz CT molecular complexity index is 866. The zero-order valence-electron chi connectivity index (χ0n) is 16.1. The van der Waals surface area contributed by atoms with Crippen molar-refractivity contribution < 1.29 is 9.18 Å². The summed E-state index contributed by atoms with van der Waals surface area (Å²) in [6, 6.07) is 4.71. The average Bonchev–Trinajstić information content (AvgIpc) is 3.09. The number of amides is 1. The molecule has 2 atom stereocenters. The van der Waals surface area contributed by atoms with Gasteiger partial charge in [0.25, 0.3) is 5.91 Å². The Labute approximate surface area is 169 Å². The number of carbonyl (C=O) groups excluding carboxylic acids is 1. The minimum Gasteiger partial charge on any atom is -0.352 e. The predicted molar refractivity (Wildman–Crippen MR) is 108 cm³/mol. The van der Waals surface area contributed by atoms with E-state index in [4.69, 9.17) is 11.6 Å². The lowest BCUT2D eigenvalue weighted by Gasteiger charge is -2.44. The Morgan fingerprint density at radius 3 is 2.96 bits per heavy atom. The van der Waals surface area contributed by atoms with Crippen molar-refractivity contribution in [3.8, 4) is 5.69 Å². The molecule has 3 heterocycles. The summed E-state index contributed by atoms with van der Waals surface area (Å²) >= 11 is 6.19. The molecule has 28 heavy (non-hydrogen) atoms. The summed E-state index contributed by atoms with van der Waals surface area (Å²) in [7, 11) is 0. The van der Waals surface area contributed by atoms with Crippen molar-refractivity contribution in [2.24, 2.45) is 5.92 Å². The van der Waals surface area contributed by atoms with E-state index in [1.807, 2.05) is 0 Å². The Morgan fingerprint density at radius 2 is 2.11 bits per heavy atom. The van der Waals surface area contributed by atoms with Crippen molar-refractivity contribution in [1.29, 1.82) is 0 Å².